The van der Waals surface area contributed by atoms with Crippen molar-refractivity contribution in [2.75, 3.05) is 12.9 Å². The highest BCUT2D eigenvalue weighted by Gasteiger charge is 2.19. The zero-order valence-corrected chi connectivity index (χ0v) is 7.08. The third-order valence-corrected chi connectivity index (χ3v) is 1.82. The van der Waals surface area contributed by atoms with E-state index in [0.29, 0.717) is 0 Å². The third kappa shape index (κ3) is 2.19. The highest BCUT2D eigenvalue weighted by atomic mass is 35.5. The second-order valence-corrected chi connectivity index (χ2v) is 2.50. The van der Waals surface area contributed by atoms with Gasteiger partial charge in [-0.15, -0.1) is 24.2 Å². The van der Waals surface area contributed by atoms with Crippen molar-refractivity contribution in [2.45, 2.75) is 6.04 Å². The summed E-state index contributed by atoms with van der Waals surface area (Å²) in [6.07, 6.45) is 0. The van der Waals surface area contributed by atoms with Crippen molar-refractivity contribution in [3.8, 4) is 0 Å². The van der Waals surface area contributed by atoms with Gasteiger partial charge in [0.15, 0.2) is 6.04 Å². The van der Waals surface area contributed by atoms with Gasteiger partial charge in [0.25, 0.3) is 0 Å². The average Bonchev–Trinajstić information content (AvgIpc) is 2.37. The van der Waals surface area contributed by atoms with Crippen molar-refractivity contribution in [3.05, 3.63) is 0 Å². The number of rotatable bonds is 1. The summed E-state index contributed by atoms with van der Waals surface area (Å²) < 4.78 is 4.47. The number of thioether (sulfide) groups is 1. The fourth-order valence-electron chi connectivity index (χ4n) is 0.559. The molecular weight excluding hydrogens is 174 g/mol. The molecule has 0 spiro atoms. The van der Waals surface area contributed by atoms with E-state index in [-0.39, 0.29) is 24.4 Å². The Hall–Kier alpha value is -0.220. The van der Waals surface area contributed by atoms with Gasteiger partial charge in [0.2, 0.25) is 0 Å². The van der Waals surface area contributed by atoms with Crippen LogP contribution >= 0.6 is 24.2 Å². The first-order valence-electron chi connectivity index (χ1n) is 2.55. The molecule has 0 amide bonds. The molecule has 0 N–H and O–H groups in total. The summed E-state index contributed by atoms with van der Waals surface area (Å²) in [5.41, 5.74) is 1.68. The molecule has 0 bridgehead atoms. The molecule has 0 aliphatic carbocycles. The fourth-order valence-corrected chi connectivity index (χ4v) is 1.28. The number of nitrogens with zero attached hydrogens (tertiary/aromatic N) is 1. The minimum absolute atomic E-state index is 0. The Kier molecular flexibility index (Phi) is 4.47. The molecule has 0 aromatic heterocycles. The first-order valence-corrected chi connectivity index (χ1v) is 3.60. The molecule has 58 valence electrons. The third-order valence-electron chi connectivity index (χ3n) is 1.04. The van der Waals surface area contributed by atoms with E-state index in [4.69, 9.17) is 0 Å². The minimum atomic E-state index is -0.250. The van der Waals surface area contributed by atoms with Crippen molar-refractivity contribution in [1.82, 2.24) is 0 Å². The fraction of sp³-hybridized carbons (Fsp3) is 0.600. The van der Waals surface area contributed by atoms with Crippen LogP contribution in [0.3, 0.4) is 0 Å². The molecule has 0 saturated heterocycles. The van der Waals surface area contributed by atoms with Gasteiger partial charge in [0, 0.05) is 5.75 Å². The molecule has 3 nitrogen and oxygen atoms in total. The molecule has 5 heteroatoms. The molecule has 1 heterocycles. The summed E-state index contributed by atoms with van der Waals surface area (Å²) in [7, 11) is 1.38. The van der Waals surface area contributed by atoms with Gasteiger partial charge in [-0.25, -0.2) is 4.79 Å². The van der Waals surface area contributed by atoms with E-state index in [1.165, 1.54) is 18.9 Å². The summed E-state index contributed by atoms with van der Waals surface area (Å²) in [6.45, 7) is 0. The van der Waals surface area contributed by atoms with Gasteiger partial charge in [-0.1, -0.05) is 0 Å². The standard InChI is InChI=1S/C5H7NO2S.ClH/c1-8-5(7)4-2-9-3-6-4;/h3-4H,2H2,1H3;1H. The molecule has 1 aliphatic heterocycles. The summed E-state index contributed by atoms with van der Waals surface area (Å²) in [4.78, 5) is 14.5. The van der Waals surface area contributed by atoms with Crippen LogP contribution in [0.4, 0.5) is 0 Å². The Labute approximate surface area is 69.6 Å². The normalized spacial score (nSPS) is 21.9. The van der Waals surface area contributed by atoms with Gasteiger partial charge < -0.3 is 4.74 Å². The van der Waals surface area contributed by atoms with Crippen LogP contribution in [0.15, 0.2) is 4.99 Å². The number of carbonyl (C=O) groups excluding carboxylic acids is 1. The van der Waals surface area contributed by atoms with Crippen LogP contribution in [0.25, 0.3) is 0 Å². The molecule has 0 radical (unpaired) electrons. The van der Waals surface area contributed by atoms with Crippen molar-refractivity contribution in [1.29, 1.82) is 0 Å². The van der Waals surface area contributed by atoms with Crippen LogP contribution in [-0.2, 0) is 9.53 Å². The zero-order chi connectivity index (χ0) is 6.69. The van der Waals surface area contributed by atoms with Crippen molar-refractivity contribution < 1.29 is 9.53 Å². The van der Waals surface area contributed by atoms with E-state index >= 15 is 0 Å². The highest BCUT2D eigenvalue weighted by molar-refractivity contribution is 8.12. The predicted octanol–water partition coefficient (Wildman–Crippen LogP) is 0.725. The highest BCUT2D eigenvalue weighted by Crippen LogP contribution is 2.11. The number of aliphatic imine (C=N–C) groups is 1. The Morgan fingerprint density at radius 2 is 2.60 bits per heavy atom. The van der Waals surface area contributed by atoms with Gasteiger partial charge in [0.1, 0.15) is 0 Å². The maximum absolute atomic E-state index is 10.7. The Bertz CT molecular complexity index is 151. The lowest BCUT2D eigenvalue weighted by Crippen LogP contribution is -2.19. The molecule has 1 atom stereocenters. The van der Waals surface area contributed by atoms with Crippen LogP contribution in [-0.4, -0.2) is 30.4 Å². The summed E-state index contributed by atoms with van der Waals surface area (Å²) >= 11 is 1.53. The maximum atomic E-state index is 10.7. The molecule has 10 heavy (non-hydrogen) atoms. The van der Waals surface area contributed by atoms with Crippen LogP contribution in [0.1, 0.15) is 0 Å². The van der Waals surface area contributed by atoms with Gasteiger partial charge in [0.05, 0.1) is 12.7 Å². The van der Waals surface area contributed by atoms with Gasteiger partial charge >= 0.3 is 5.97 Å². The van der Waals surface area contributed by atoms with Crippen LogP contribution in [0, 0.1) is 0 Å². The Morgan fingerprint density at radius 1 is 1.90 bits per heavy atom. The van der Waals surface area contributed by atoms with E-state index in [1.54, 1.807) is 5.55 Å². The van der Waals surface area contributed by atoms with Crippen molar-refractivity contribution in [3.63, 3.8) is 0 Å². The maximum Gasteiger partial charge on any atom is 0.331 e. The number of esters is 1. The lowest BCUT2D eigenvalue weighted by molar-refractivity contribution is -0.141. The molecule has 1 unspecified atom stereocenters. The van der Waals surface area contributed by atoms with E-state index in [2.05, 4.69) is 9.73 Å². The van der Waals surface area contributed by atoms with E-state index in [9.17, 15) is 4.79 Å². The van der Waals surface area contributed by atoms with E-state index < -0.39 is 0 Å². The Morgan fingerprint density at radius 3 is 3.00 bits per heavy atom. The second kappa shape index (κ2) is 4.57. The number of halogens is 1. The molecule has 0 aromatic carbocycles. The molecular formula is C5H8ClNO2S. The second-order valence-electron chi connectivity index (χ2n) is 1.63. The summed E-state index contributed by atoms with van der Waals surface area (Å²) in [6, 6.07) is -0.250. The first kappa shape index (κ1) is 9.78. The SMILES string of the molecule is COC(=O)C1CSC=N1.Cl. The lowest BCUT2D eigenvalue weighted by atomic mass is 10.4. The topological polar surface area (TPSA) is 38.7 Å². The monoisotopic (exact) mass is 181 g/mol. The number of hydrogen-bond donors (Lipinski definition) is 0. The van der Waals surface area contributed by atoms with Gasteiger partial charge in [-0.2, -0.15) is 0 Å². The smallest absolute Gasteiger partial charge is 0.331 e. The van der Waals surface area contributed by atoms with Gasteiger partial charge in [-0.05, 0) is 0 Å². The summed E-state index contributed by atoms with van der Waals surface area (Å²) in [5, 5.41) is 0. The number of carbonyl (C=O) groups is 1. The van der Waals surface area contributed by atoms with Crippen LogP contribution < -0.4 is 0 Å². The minimum Gasteiger partial charge on any atom is -0.467 e. The quantitative estimate of drug-likeness (QED) is 0.560. The first-order chi connectivity index (χ1) is 4.34. The van der Waals surface area contributed by atoms with E-state index in [1.807, 2.05) is 0 Å². The Balaban J connectivity index is 0.000000810. The van der Waals surface area contributed by atoms with Crippen molar-refractivity contribution >= 4 is 35.7 Å². The lowest BCUT2D eigenvalue weighted by Gasteiger charge is -2.00. The van der Waals surface area contributed by atoms with Crippen molar-refractivity contribution in [2.24, 2.45) is 4.99 Å². The molecule has 1 aliphatic rings. The van der Waals surface area contributed by atoms with Crippen LogP contribution in [0.5, 0.6) is 0 Å². The molecule has 0 fully saturated rings. The largest absolute Gasteiger partial charge is 0.467 e. The zero-order valence-electron chi connectivity index (χ0n) is 5.44. The van der Waals surface area contributed by atoms with E-state index in [0.717, 1.165) is 5.75 Å². The van der Waals surface area contributed by atoms with Crippen LogP contribution in [0.2, 0.25) is 0 Å². The number of methoxy groups -OCH3 is 1. The number of ether oxygens (including phenoxy) is 1. The molecule has 0 aromatic rings. The summed E-state index contributed by atoms with van der Waals surface area (Å²) in [5.74, 6) is 0.489. The molecule has 0 saturated carbocycles. The number of hydrogen-bond acceptors (Lipinski definition) is 4. The predicted molar refractivity (Wildman–Crippen MR) is 44.0 cm³/mol. The average molecular weight is 182 g/mol. The molecule has 1 rings (SSSR count). The van der Waals surface area contributed by atoms with Gasteiger partial charge in [-0.3, -0.25) is 4.99 Å².